The van der Waals surface area contributed by atoms with Crippen LogP contribution in [0.4, 0.5) is 9.52 Å². The van der Waals surface area contributed by atoms with Crippen molar-refractivity contribution >= 4 is 45.7 Å². The second kappa shape index (κ2) is 15.2. The van der Waals surface area contributed by atoms with E-state index >= 15 is 0 Å². The number of unbranched alkanes of at least 4 members (excludes halogenated alkanes) is 2. The van der Waals surface area contributed by atoms with Crippen molar-refractivity contribution in [1.82, 2.24) is 10.2 Å². The highest BCUT2D eigenvalue weighted by molar-refractivity contribution is 8.00. The minimum Gasteiger partial charge on any atom is -0.507 e. The fourth-order valence-corrected chi connectivity index (χ4v) is 6.59. The first kappa shape index (κ1) is 32.2. The van der Waals surface area contributed by atoms with Crippen molar-refractivity contribution in [2.24, 2.45) is 0 Å². The van der Waals surface area contributed by atoms with Crippen molar-refractivity contribution in [2.75, 3.05) is 18.1 Å². The van der Waals surface area contributed by atoms with Gasteiger partial charge >= 0.3 is 5.91 Å². The van der Waals surface area contributed by atoms with Crippen LogP contribution < -0.4 is 14.4 Å². The summed E-state index contributed by atoms with van der Waals surface area (Å²) in [5.41, 5.74) is 1.42. The molecule has 1 unspecified atom stereocenters. The lowest BCUT2D eigenvalue weighted by Crippen LogP contribution is -2.29. The SMILES string of the molecule is CCCCOc1ccc(C(O)=C2C(=O)C(=O)N(c3nnc(SCc4ccccc4F)s3)C2c2ccc(OCCCC)cc2)cc1. The molecule has 1 aliphatic heterocycles. The number of Topliss-reactive ketones (excluding diaryl/α,β-unsaturated/α-hetero) is 1. The zero-order valence-electron chi connectivity index (χ0n) is 25.1. The molecule has 1 aliphatic rings. The second-order valence-corrected chi connectivity index (χ2v) is 12.6. The van der Waals surface area contributed by atoms with Gasteiger partial charge in [0.1, 0.15) is 23.1 Å². The third kappa shape index (κ3) is 7.54. The molecular weight excluding hydrogens is 614 g/mol. The monoisotopic (exact) mass is 647 g/mol. The number of halogens is 1. The van der Waals surface area contributed by atoms with E-state index in [4.69, 9.17) is 9.47 Å². The van der Waals surface area contributed by atoms with Gasteiger partial charge in [-0.25, -0.2) is 4.39 Å². The van der Waals surface area contributed by atoms with E-state index < -0.39 is 17.7 Å². The maximum absolute atomic E-state index is 14.2. The molecule has 5 rings (SSSR count). The summed E-state index contributed by atoms with van der Waals surface area (Å²) in [6.45, 7) is 5.31. The van der Waals surface area contributed by atoms with E-state index in [1.165, 1.54) is 22.7 Å². The van der Waals surface area contributed by atoms with Gasteiger partial charge in [-0.2, -0.15) is 0 Å². The Morgan fingerprint density at radius 3 is 2.16 bits per heavy atom. The zero-order chi connectivity index (χ0) is 31.8. The number of hydrogen-bond donors (Lipinski definition) is 1. The molecule has 234 valence electrons. The summed E-state index contributed by atoms with van der Waals surface area (Å²) < 4.78 is 26.2. The van der Waals surface area contributed by atoms with Gasteiger partial charge in [-0.05, 0) is 66.4 Å². The van der Waals surface area contributed by atoms with Gasteiger partial charge < -0.3 is 14.6 Å². The van der Waals surface area contributed by atoms with Crippen molar-refractivity contribution in [3.8, 4) is 11.5 Å². The highest BCUT2D eigenvalue weighted by Crippen LogP contribution is 2.44. The van der Waals surface area contributed by atoms with Crippen LogP contribution in [0.15, 0.2) is 82.7 Å². The molecule has 11 heteroatoms. The van der Waals surface area contributed by atoms with E-state index in [1.807, 2.05) is 0 Å². The van der Waals surface area contributed by atoms with Crippen LogP contribution in [0.3, 0.4) is 0 Å². The van der Waals surface area contributed by atoms with Crippen molar-refractivity contribution in [2.45, 2.75) is 55.7 Å². The molecule has 1 saturated heterocycles. The fraction of sp³-hybridized carbons (Fsp3) is 0.294. The number of hydrogen-bond acceptors (Lipinski definition) is 9. The molecule has 1 N–H and O–H groups in total. The molecule has 0 saturated carbocycles. The van der Waals surface area contributed by atoms with Crippen LogP contribution in [-0.2, 0) is 15.3 Å². The third-order valence-electron chi connectivity index (χ3n) is 7.21. The summed E-state index contributed by atoms with van der Waals surface area (Å²) in [7, 11) is 0. The maximum Gasteiger partial charge on any atom is 0.301 e. The van der Waals surface area contributed by atoms with E-state index in [0.717, 1.165) is 37.0 Å². The van der Waals surface area contributed by atoms with E-state index in [-0.39, 0.29) is 22.3 Å². The highest BCUT2D eigenvalue weighted by Gasteiger charge is 2.48. The quantitative estimate of drug-likeness (QED) is 0.0368. The molecule has 1 atom stereocenters. The van der Waals surface area contributed by atoms with Crippen molar-refractivity contribution in [3.63, 3.8) is 0 Å². The van der Waals surface area contributed by atoms with Gasteiger partial charge in [0.15, 0.2) is 4.34 Å². The lowest BCUT2D eigenvalue weighted by molar-refractivity contribution is -0.132. The topological polar surface area (TPSA) is 102 Å². The molecule has 45 heavy (non-hydrogen) atoms. The average Bonchev–Trinajstić information content (AvgIpc) is 3.63. The summed E-state index contributed by atoms with van der Waals surface area (Å²) >= 11 is 2.40. The number of amides is 1. The number of benzene rings is 3. The van der Waals surface area contributed by atoms with Crippen LogP contribution in [0.25, 0.3) is 5.76 Å². The van der Waals surface area contributed by atoms with Crippen LogP contribution in [0.2, 0.25) is 0 Å². The van der Waals surface area contributed by atoms with Gasteiger partial charge in [-0.3, -0.25) is 14.5 Å². The first-order valence-corrected chi connectivity index (χ1v) is 16.7. The molecule has 0 spiro atoms. The summed E-state index contributed by atoms with van der Waals surface area (Å²) in [6.07, 6.45) is 3.84. The number of anilines is 1. The Kier molecular flexibility index (Phi) is 10.9. The summed E-state index contributed by atoms with van der Waals surface area (Å²) in [5, 5.41) is 20.1. The minimum absolute atomic E-state index is 0.0601. The molecule has 1 fully saturated rings. The predicted octanol–water partition coefficient (Wildman–Crippen LogP) is 7.95. The smallest absolute Gasteiger partial charge is 0.301 e. The van der Waals surface area contributed by atoms with E-state index in [0.29, 0.717) is 51.5 Å². The van der Waals surface area contributed by atoms with Crippen molar-refractivity contribution in [1.29, 1.82) is 0 Å². The zero-order valence-corrected chi connectivity index (χ0v) is 26.7. The van der Waals surface area contributed by atoms with Crippen LogP contribution in [0.1, 0.15) is 62.3 Å². The molecule has 0 bridgehead atoms. The predicted molar refractivity (Wildman–Crippen MR) is 174 cm³/mol. The normalized spacial score (nSPS) is 15.9. The summed E-state index contributed by atoms with van der Waals surface area (Å²) in [5.74, 6) is -0.659. The Morgan fingerprint density at radius 1 is 0.911 bits per heavy atom. The number of carbonyl (C=O) groups excluding carboxylic acids is 2. The number of ether oxygens (including phenoxy) is 2. The van der Waals surface area contributed by atoms with Gasteiger partial charge in [-0.1, -0.05) is 80.1 Å². The Bertz CT molecular complexity index is 1660. The number of aromatic nitrogens is 2. The standard InChI is InChI=1S/C34H34FN3O5S2/c1-3-5-19-42-25-15-11-22(12-16-25)29-28(30(39)23-13-17-26(18-14-23)43-20-6-4-2)31(40)32(41)38(29)33-36-37-34(45-33)44-21-24-9-7-8-10-27(24)35/h7-18,29,39H,3-6,19-21H2,1-2H3. The van der Waals surface area contributed by atoms with Crippen molar-refractivity contribution < 1.29 is 28.6 Å². The number of nitrogens with zero attached hydrogens (tertiary/aromatic N) is 3. The average molecular weight is 648 g/mol. The Labute approximate surface area is 269 Å². The molecule has 0 radical (unpaired) electrons. The number of thioether (sulfide) groups is 1. The van der Waals surface area contributed by atoms with Crippen LogP contribution in [-0.4, -0.2) is 40.2 Å². The Morgan fingerprint density at radius 2 is 1.53 bits per heavy atom. The molecule has 1 aromatic heterocycles. The van der Waals surface area contributed by atoms with Crippen LogP contribution in [0.5, 0.6) is 11.5 Å². The van der Waals surface area contributed by atoms with Gasteiger partial charge in [0.05, 0.1) is 24.8 Å². The summed E-state index contributed by atoms with van der Waals surface area (Å²) in [4.78, 5) is 28.4. The number of aliphatic hydroxyl groups is 1. The number of aliphatic hydroxyl groups excluding tert-OH is 1. The fourth-order valence-electron chi connectivity index (χ4n) is 4.74. The van der Waals surface area contributed by atoms with Gasteiger partial charge in [0.25, 0.3) is 5.78 Å². The molecule has 2 heterocycles. The Balaban J connectivity index is 1.48. The number of ketones is 1. The minimum atomic E-state index is -0.965. The Hall–Kier alpha value is -4.22. The largest absolute Gasteiger partial charge is 0.507 e. The molecule has 3 aromatic carbocycles. The third-order valence-corrected chi connectivity index (χ3v) is 9.32. The molecular formula is C34H34FN3O5S2. The van der Waals surface area contributed by atoms with Crippen LogP contribution in [0, 0.1) is 5.82 Å². The molecule has 8 nitrogen and oxygen atoms in total. The van der Waals surface area contributed by atoms with E-state index in [2.05, 4.69) is 24.0 Å². The first-order valence-electron chi connectivity index (χ1n) is 14.9. The van der Waals surface area contributed by atoms with Gasteiger partial charge in [0.2, 0.25) is 5.13 Å². The summed E-state index contributed by atoms with van der Waals surface area (Å²) in [6, 6.07) is 19.4. The van der Waals surface area contributed by atoms with E-state index in [1.54, 1.807) is 66.7 Å². The van der Waals surface area contributed by atoms with Gasteiger partial charge in [-0.15, -0.1) is 10.2 Å². The molecule has 4 aromatic rings. The second-order valence-electron chi connectivity index (χ2n) is 10.4. The maximum atomic E-state index is 14.2. The van der Waals surface area contributed by atoms with Crippen molar-refractivity contribution in [3.05, 3.63) is 101 Å². The van der Waals surface area contributed by atoms with E-state index in [9.17, 15) is 19.1 Å². The lowest BCUT2D eigenvalue weighted by atomic mass is 9.95. The molecule has 1 amide bonds. The molecule has 0 aliphatic carbocycles. The number of carbonyl (C=O) groups is 2. The number of rotatable bonds is 14. The lowest BCUT2D eigenvalue weighted by Gasteiger charge is -2.22. The highest BCUT2D eigenvalue weighted by atomic mass is 32.2. The van der Waals surface area contributed by atoms with Gasteiger partial charge in [0, 0.05) is 11.3 Å². The van der Waals surface area contributed by atoms with Crippen LogP contribution >= 0.6 is 23.1 Å². The first-order chi connectivity index (χ1) is 21.9.